The smallest absolute Gasteiger partial charge is 0.322 e. The van der Waals surface area contributed by atoms with E-state index < -0.39 is 0 Å². The third-order valence-electron chi connectivity index (χ3n) is 3.55. The highest BCUT2D eigenvalue weighted by atomic mass is 32.2. The summed E-state index contributed by atoms with van der Waals surface area (Å²) in [7, 11) is 0. The molecule has 3 aromatic rings. The van der Waals surface area contributed by atoms with Crippen molar-refractivity contribution in [3.05, 3.63) is 59.2 Å². The number of aryl methyl sites for hydroxylation is 2. The highest BCUT2D eigenvalue weighted by Crippen LogP contribution is 2.25. The van der Waals surface area contributed by atoms with Gasteiger partial charge >= 0.3 is 6.01 Å². The van der Waals surface area contributed by atoms with Gasteiger partial charge in [-0.05, 0) is 43.9 Å². The van der Waals surface area contributed by atoms with Crippen LogP contribution in [0, 0.1) is 13.8 Å². The maximum absolute atomic E-state index is 12.5. The number of nitrogens with one attached hydrogen (secondary N) is 1. The summed E-state index contributed by atoms with van der Waals surface area (Å²) in [6.45, 7) is 6.07. The predicted molar refractivity (Wildman–Crippen MR) is 100 cm³/mol. The van der Waals surface area contributed by atoms with Gasteiger partial charge in [-0.1, -0.05) is 41.3 Å². The summed E-state index contributed by atoms with van der Waals surface area (Å²) in [6, 6.07) is 13.6. The molecule has 1 N–H and O–H groups in total. The van der Waals surface area contributed by atoms with Gasteiger partial charge in [0.05, 0.1) is 5.56 Å². The summed E-state index contributed by atoms with van der Waals surface area (Å²) in [6.07, 6.45) is 0. The third-order valence-corrected chi connectivity index (χ3v) is 4.50. The Morgan fingerprint density at radius 3 is 2.56 bits per heavy atom. The van der Waals surface area contributed by atoms with Gasteiger partial charge in [-0.2, -0.15) is 0 Å². The lowest BCUT2D eigenvalue weighted by atomic mass is 10.1. The van der Waals surface area contributed by atoms with Crippen molar-refractivity contribution in [3.8, 4) is 11.5 Å². The second-order valence-corrected chi connectivity index (χ2v) is 6.98. The van der Waals surface area contributed by atoms with Crippen LogP contribution in [0.5, 0.6) is 0 Å². The van der Waals surface area contributed by atoms with E-state index in [-0.39, 0.29) is 11.9 Å². The molecule has 2 aromatic carbocycles. The Morgan fingerprint density at radius 2 is 1.84 bits per heavy atom. The molecule has 0 fully saturated rings. The molecule has 6 heteroatoms. The molecule has 0 atom stereocenters. The fraction of sp³-hybridized carbons (Fsp3) is 0.211. The van der Waals surface area contributed by atoms with Gasteiger partial charge in [0, 0.05) is 10.5 Å². The average molecular weight is 353 g/mol. The summed E-state index contributed by atoms with van der Waals surface area (Å²) in [4.78, 5) is 13.4. The van der Waals surface area contributed by atoms with Gasteiger partial charge in [-0.25, -0.2) is 0 Å². The second kappa shape index (κ2) is 7.53. The number of carbonyl (C=O) groups excluding carboxylic acids is 1. The van der Waals surface area contributed by atoms with Crippen LogP contribution in [0.4, 0.5) is 6.01 Å². The Labute approximate surface area is 150 Å². The normalized spacial score (nSPS) is 10.7. The van der Waals surface area contributed by atoms with Crippen LogP contribution in [0.2, 0.25) is 0 Å². The standard InChI is InChI=1S/C19H19N3O2S/c1-4-25-16-8-6-5-7-15(16)17(23)20-19-22-21-18(24-19)14-10-12(2)9-13(3)11-14/h5-11H,4H2,1-3H3,(H,20,22,23). The van der Waals surface area contributed by atoms with E-state index in [0.717, 1.165) is 27.3 Å². The number of rotatable bonds is 5. The lowest BCUT2D eigenvalue weighted by molar-refractivity contribution is 0.102. The first-order chi connectivity index (χ1) is 12.1. The Balaban J connectivity index is 1.81. The van der Waals surface area contributed by atoms with Crippen LogP contribution in [-0.2, 0) is 0 Å². The van der Waals surface area contributed by atoms with Crippen LogP contribution < -0.4 is 5.32 Å². The molecule has 5 nitrogen and oxygen atoms in total. The summed E-state index contributed by atoms with van der Waals surface area (Å²) in [5.74, 6) is 1.02. The molecule has 0 unspecified atom stereocenters. The lowest BCUT2D eigenvalue weighted by Gasteiger charge is -2.06. The van der Waals surface area contributed by atoms with E-state index in [9.17, 15) is 4.79 Å². The SMILES string of the molecule is CCSc1ccccc1C(=O)Nc1nnc(-c2cc(C)cc(C)c2)o1. The Hall–Kier alpha value is -2.60. The first-order valence-electron chi connectivity index (χ1n) is 8.02. The maximum Gasteiger partial charge on any atom is 0.322 e. The largest absolute Gasteiger partial charge is 0.403 e. The van der Waals surface area contributed by atoms with Crippen LogP contribution in [0.15, 0.2) is 51.8 Å². The Morgan fingerprint density at radius 1 is 1.12 bits per heavy atom. The van der Waals surface area contributed by atoms with Gasteiger partial charge < -0.3 is 4.42 Å². The third kappa shape index (κ3) is 4.09. The topological polar surface area (TPSA) is 68.0 Å². The Bertz CT molecular complexity index is 885. The number of carbonyl (C=O) groups is 1. The fourth-order valence-electron chi connectivity index (χ4n) is 2.59. The molecule has 0 aliphatic carbocycles. The quantitative estimate of drug-likeness (QED) is 0.672. The number of hydrogen-bond donors (Lipinski definition) is 1. The summed E-state index contributed by atoms with van der Waals surface area (Å²) in [5, 5.41) is 10.7. The average Bonchev–Trinajstić information content (AvgIpc) is 3.03. The van der Waals surface area contributed by atoms with Gasteiger partial charge in [-0.15, -0.1) is 16.9 Å². The summed E-state index contributed by atoms with van der Waals surface area (Å²) in [5.41, 5.74) is 3.67. The predicted octanol–water partition coefficient (Wildman–Crippen LogP) is 4.72. The van der Waals surface area contributed by atoms with Crippen molar-refractivity contribution in [2.45, 2.75) is 25.7 Å². The molecule has 3 rings (SSSR count). The van der Waals surface area contributed by atoms with Gasteiger partial charge in [-0.3, -0.25) is 10.1 Å². The van der Waals surface area contributed by atoms with Crippen LogP contribution in [0.25, 0.3) is 11.5 Å². The van der Waals surface area contributed by atoms with Crippen LogP contribution >= 0.6 is 11.8 Å². The zero-order valence-electron chi connectivity index (χ0n) is 14.4. The molecule has 1 amide bonds. The molecule has 0 saturated carbocycles. The van der Waals surface area contributed by atoms with E-state index in [1.807, 2.05) is 51.1 Å². The zero-order chi connectivity index (χ0) is 17.8. The summed E-state index contributed by atoms with van der Waals surface area (Å²) < 4.78 is 5.61. The number of thioether (sulfide) groups is 1. The van der Waals surface area contributed by atoms with E-state index in [1.54, 1.807) is 17.8 Å². The molecule has 25 heavy (non-hydrogen) atoms. The minimum Gasteiger partial charge on any atom is -0.403 e. The number of anilines is 1. The molecular weight excluding hydrogens is 334 g/mol. The number of nitrogens with zero attached hydrogens (tertiary/aromatic N) is 2. The van der Waals surface area contributed by atoms with Gasteiger partial charge in [0.2, 0.25) is 5.89 Å². The lowest BCUT2D eigenvalue weighted by Crippen LogP contribution is -2.13. The molecule has 0 spiro atoms. The van der Waals surface area contributed by atoms with E-state index in [0.29, 0.717) is 11.5 Å². The van der Waals surface area contributed by atoms with Crippen molar-refractivity contribution in [3.63, 3.8) is 0 Å². The minimum atomic E-state index is -0.257. The molecule has 1 aromatic heterocycles. The van der Waals surface area contributed by atoms with Gasteiger partial charge in [0.25, 0.3) is 5.91 Å². The van der Waals surface area contributed by atoms with Crippen molar-refractivity contribution in [2.24, 2.45) is 0 Å². The van der Waals surface area contributed by atoms with E-state index in [2.05, 4.69) is 21.6 Å². The van der Waals surface area contributed by atoms with Gasteiger partial charge in [0.15, 0.2) is 0 Å². The van der Waals surface area contributed by atoms with Crippen molar-refractivity contribution >= 4 is 23.7 Å². The number of hydrogen-bond acceptors (Lipinski definition) is 5. The van der Waals surface area contributed by atoms with Crippen LogP contribution in [0.3, 0.4) is 0 Å². The van der Waals surface area contributed by atoms with E-state index in [4.69, 9.17) is 4.42 Å². The van der Waals surface area contributed by atoms with Crippen molar-refractivity contribution in [1.29, 1.82) is 0 Å². The molecular formula is C19H19N3O2S. The number of benzene rings is 2. The van der Waals surface area contributed by atoms with Crippen LogP contribution in [0.1, 0.15) is 28.4 Å². The molecule has 0 aliphatic heterocycles. The van der Waals surface area contributed by atoms with Crippen LogP contribution in [-0.4, -0.2) is 21.9 Å². The molecule has 0 radical (unpaired) electrons. The number of amides is 1. The molecule has 0 aliphatic rings. The first-order valence-corrected chi connectivity index (χ1v) is 9.00. The molecule has 128 valence electrons. The highest BCUT2D eigenvalue weighted by Gasteiger charge is 2.15. The first kappa shape index (κ1) is 17.2. The number of aromatic nitrogens is 2. The zero-order valence-corrected chi connectivity index (χ0v) is 15.2. The maximum atomic E-state index is 12.5. The molecule has 1 heterocycles. The van der Waals surface area contributed by atoms with Gasteiger partial charge in [0.1, 0.15) is 0 Å². The molecule has 0 bridgehead atoms. The van der Waals surface area contributed by atoms with E-state index >= 15 is 0 Å². The van der Waals surface area contributed by atoms with Crippen molar-refractivity contribution in [2.75, 3.05) is 11.1 Å². The fourth-order valence-corrected chi connectivity index (χ4v) is 3.39. The van der Waals surface area contributed by atoms with Crippen molar-refractivity contribution in [1.82, 2.24) is 10.2 Å². The van der Waals surface area contributed by atoms with E-state index in [1.165, 1.54) is 0 Å². The molecule has 0 saturated heterocycles. The Kier molecular flexibility index (Phi) is 5.19. The summed E-state index contributed by atoms with van der Waals surface area (Å²) >= 11 is 1.62. The second-order valence-electron chi connectivity index (χ2n) is 5.67. The highest BCUT2D eigenvalue weighted by molar-refractivity contribution is 7.99. The monoisotopic (exact) mass is 353 g/mol. The minimum absolute atomic E-state index is 0.0930. The van der Waals surface area contributed by atoms with Crippen molar-refractivity contribution < 1.29 is 9.21 Å².